The number of hydrogen-bond acceptors (Lipinski definition) is 5. The average molecular weight is 277 g/mol. The van der Waals surface area contributed by atoms with Gasteiger partial charge in [0.1, 0.15) is 22.9 Å². The van der Waals surface area contributed by atoms with Crippen LogP contribution in [0.2, 0.25) is 0 Å². The van der Waals surface area contributed by atoms with E-state index >= 15 is 0 Å². The molecular formula is C14H19N3O3. The second-order valence-corrected chi connectivity index (χ2v) is 4.29. The Bertz CT molecular complexity index is 586. The zero-order valence-corrected chi connectivity index (χ0v) is 12.1. The number of nitrogens with zero attached hydrogens (tertiary/aromatic N) is 2. The molecule has 0 unspecified atom stereocenters. The number of methoxy groups -OCH3 is 2. The fourth-order valence-electron chi connectivity index (χ4n) is 1.91. The highest BCUT2D eigenvalue weighted by Crippen LogP contribution is 2.34. The summed E-state index contributed by atoms with van der Waals surface area (Å²) in [7, 11) is 4.97. The monoisotopic (exact) mass is 277 g/mol. The third-order valence-electron chi connectivity index (χ3n) is 2.98. The van der Waals surface area contributed by atoms with E-state index in [-0.39, 0.29) is 0 Å². The van der Waals surface area contributed by atoms with Crippen molar-refractivity contribution in [1.82, 2.24) is 9.78 Å². The molecule has 0 saturated heterocycles. The molecule has 0 fully saturated rings. The number of aryl methyl sites for hydroxylation is 2. The van der Waals surface area contributed by atoms with E-state index in [1.807, 2.05) is 6.92 Å². The van der Waals surface area contributed by atoms with E-state index in [0.717, 1.165) is 12.1 Å². The van der Waals surface area contributed by atoms with Gasteiger partial charge in [0.2, 0.25) is 5.88 Å². The maximum absolute atomic E-state index is 6.03. The molecule has 6 heteroatoms. The quantitative estimate of drug-likeness (QED) is 0.908. The molecule has 6 nitrogen and oxygen atoms in total. The molecule has 20 heavy (non-hydrogen) atoms. The Balaban J connectivity index is 2.36. The first kappa shape index (κ1) is 14.0. The Hall–Kier alpha value is -2.37. The predicted molar refractivity (Wildman–Crippen MR) is 76.6 cm³/mol. The summed E-state index contributed by atoms with van der Waals surface area (Å²) in [6.07, 6.45) is 0.754. The highest BCUT2D eigenvalue weighted by atomic mass is 16.5. The molecule has 2 rings (SSSR count). The van der Waals surface area contributed by atoms with Crippen LogP contribution in [0.5, 0.6) is 23.1 Å². The van der Waals surface area contributed by atoms with Gasteiger partial charge in [-0.2, -0.15) is 5.10 Å². The Kier molecular flexibility index (Phi) is 4.02. The van der Waals surface area contributed by atoms with Crippen LogP contribution in [-0.2, 0) is 13.5 Å². The van der Waals surface area contributed by atoms with E-state index in [0.29, 0.717) is 28.8 Å². The van der Waals surface area contributed by atoms with Gasteiger partial charge in [0.25, 0.3) is 0 Å². The molecule has 2 aromatic rings. The Morgan fingerprint density at radius 1 is 1.10 bits per heavy atom. The van der Waals surface area contributed by atoms with E-state index in [1.165, 1.54) is 0 Å². The zero-order valence-electron chi connectivity index (χ0n) is 12.1. The number of ether oxygens (including phenoxy) is 3. The van der Waals surface area contributed by atoms with Crippen LogP contribution in [-0.4, -0.2) is 24.0 Å². The summed E-state index contributed by atoms with van der Waals surface area (Å²) < 4.78 is 17.9. The van der Waals surface area contributed by atoms with Gasteiger partial charge >= 0.3 is 0 Å². The van der Waals surface area contributed by atoms with E-state index in [9.17, 15) is 0 Å². The van der Waals surface area contributed by atoms with Gasteiger partial charge in [-0.1, -0.05) is 6.92 Å². The molecule has 2 N–H and O–H groups in total. The maximum Gasteiger partial charge on any atom is 0.241 e. The van der Waals surface area contributed by atoms with Crippen LogP contribution in [0.25, 0.3) is 0 Å². The van der Waals surface area contributed by atoms with Crippen molar-refractivity contribution in [1.29, 1.82) is 0 Å². The van der Waals surface area contributed by atoms with Gasteiger partial charge in [0, 0.05) is 25.2 Å². The highest BCUT2D eigenvalue weighted by molar-refractivity contribution is 5.55. The van der Waals surface area contributed by atoms with Gasteiger partial charge < -0.3 is 19.9 Å². The van der Waals surface area contributed by atoms with E-state index in [2.05, 4.69) is 5.10 Å². The standard InChI is InChI=1S/C14H19N3O3/c1-5-12-13(15)14(17(2)16-12)20-11-7-9(18-3)6-10(8-11)19-4/h6-8H,5,15H2,1-4H3. The van der Waals surface area contributed by atoms with E-state index < -0.39 is 0 Å². The molecule has 1 aromatic carbocycles. The summed E-state index contributed by atoms with van der Waals surface area (Å²) in [6, 6.07) is 5.30. The minimum absolute atomic E-state index is 0.511. The van der Waals surface area contributed by atoms with Crippen molar-refractivity contribution in [2.24, 2.45) is 7.05 Å². The fourth-order valence-corrected chi connectivity index (χ4v) is 1.91. The summed E-state index contributed by atoms with van der Waals surface area (Å²) in [6.45, 7) is 2.00. The van der Waals surface area contributed by atoms with Gasteiger partial charge in [-0.3, -0.25) is 0 Å². The molecule has 0 spiro atoms. The normalized spacial score (nSPS) is 10.4. The van der Waals surface area contributed by atoms with E-state index in [1.54, 1.807) is 44.1 Å². The van der Waals surface area contributed by atoms with Crippen molar-refractivity contribution in [2.45, 2.75) is 13.3 Å². The van der Waals surface area contributed by atoms with Crippen LogP contribution in [0.4, 0.5) is 5.69 Å². The van der Waals surface area contributed by atoms with Crippen LogP contribution in [0, 0.1) is 0 Å². The van der Waals surface area contributed by atoms with Crippen molar-refractivity contribution in [2.75, 3.05) is 20.0 Å². The summed E-state index contributed by atoms with van der Waals surface area (Å²) in [5, 5.41) is 4.31. The lowest BCUT2D eigenvalue weighted by Crippen LogP contribution is -1.98. The minimum atomic E-state index is 0.511. The molecule has 0 aliphatic heterocycles. The van der Waals surface area contributed by atoms with Crippen LogP contribution < -0.4 is 19.9 Å². The molecule has 1 heterocycles. The summed E-state index contributed by atoms with van der Waals surface area (Å²) >= 11 is 0. The van der Waals surface area contributed by atoms with Crippen LogP contribution in [0.15, 0.2) is 18.2 Å². The van der Waals surface area contributed by atoms with Crippen molar-refractivity contribution in [3.63, 3.8) is 0 Å². The summed E-state index contributed by atoms with van der Waals surface area (Å²) in [5.41, 5.74) is 7.40. The second kappa shape index (κ2) is 5.73. The van der Waals surface area contributed by atoms with Crippen LogP contribution in [0.1, 0.15) is 12.6 Å². The third-order valence-corrected chi connectivity index (χ3v) is 2.98. The SMILES string of the molecule is CCc1nn(C)c(Oc2cc(OC)cc(OC)c2)c1N. The number of benzene rings is 1. The lowest BCUT2D eigenvalue weighted by molar-refractivity contribution is 0.381. The molecule has 1 aromatic heterocycles. The highest BCUT2D eigenvalue weighted by Gasteiger charge is 2.15. The molecule has 108 valence electrons. The van der Waals surface area contributed by atoms with Gasteiger partial charge in [0.05, 0.1) is 19.9 Å². The first-order chi connectivity index (χ1) is 9.58. The van der Waals surface area contributed by atoms with Crippen LogP contribution >= 0.6 is 0 Å². The Morgan fingerprint density at radius 2 is 1.65 bits per heavy atom. The third kappa shape index (κ3) is 2.64. The second-order valence-electron chi connectivity index (χ2n) is 4.29. The number of rotatable bonds is 5. The first-order valence-electron chi connectivity index (χ1n) is 6.31. The molecule has 0 aliphatic rings. The smallest absolute Gasteiger partial charge is 0.241 e. The zero-order chi connectivity index (χ0) is 14.7. The lowest BCUT2D eigenvalue weighted by atomic mass is 10.3. The van der Waals surface area contributed by atoms with Crippen molar-refractivity contribution in [3.05, 3.63) is 23.9 Å². The van der Waals surface area contributed by atoms with Crippen molar-refractivity contribution >= 4 is 5.69 Å². The fraction of sp³-hybridized carbons (Fsp3) is 0.357. The topological polar surface area (TPSA) is 71.5 Å². The first-order valence-corrected chi connectivity index (χ1v) is 6.31. The van der Waals surface area contributed by atoms with E-state index in [4.69, 9.17) is 19.9 Å². The molecule has 0 aliphatic carbocycles. The largest absolute Gasteiger partial charge is 0.496 e. The average Bonchev–Trinajstić information content (AvgIpc) is 2.74. The van der Waals surface area contributed by atoms with Gasteiger partial charge in [-0.05, 0) is 6.42 Å². The number of nitrogens with two attached hydrogens (primary N) is 1. The summed E-state index contributed by atoms with van der Waals surface area (Å²) in [4.78, 5) is 0. The molecule has 0 radical (unpaired) electrons. The predicted octanol–water partition coefficient (Wildman–Crippen LogP) is 2.37. The van der Waals surface area contributed by atoms with Crippen molar-refractivity contribution < 1.29 is 14.2 Å². The molecule has 0 amide bonds. The van der Waals surface area contributed by atoms with Crippen molar-refractivity contribution in [3.8, 4) is 23.1 Å². The lowest BCUT2D eigenvalue weighted by Gasteiger charge is -2.10. The number of hydrogen-bond donors (Lipinski definition) is 1. The molecule has 0 atom stereocenters. The number of anilines is 1. The van der Waals surface area contributed by atoms with Gasteiger partial charge in [0.15, 0.2) is 0 Å². The summed E-state index contributed by atoms with van der Waals surface area (Å²) in [5.74, 6) is 2.39. The minimum Gasteiger partial charge on any atom is -0.496 e. The molecular weight excluding hydrogens is 258 g/mol. The Morgan fingerprint density at radius 3 is 2.10 bits per heavy atom. The molecule has 0 bridgehead atoms. The van der Waals surface area contributed by atoms with Gasteiger partial charge in [-0.25, -0.2) is 4.68 Å². The van der Waals surface area contributed by atoms with Crippen LogP contribution in [0.3, 0.4) is 0 Å². The van der Waals surface area contributed by atoms with Gasteiger partial charge in [-0.15, -0.1) is 0 Å². The maximum atomic E-state index is 6.03. The Labute approximate surface area is 118 Å². The molecule has 0 saturated carbocycles. The number of nitrogen functional groups attached to an aromatic ring is 1. The number of aromatic nitrogens is 2.